The van der Waals surface area contributed by atoms with Gasteiger partial charge in [0.2, 0.25) is 0 Å². The van der Waals surface area contributed by atoms with E-state index in [1.807, 2.05) is 13.0 Å². The van der Waals surface area contributed by atoms with E-state index >= 15 is 0 Å². The number of carbonyl (C=O) groups is 1. The van der Waals surface area contributed by atoms with Gasteiger partial charge in [0.05, 0.1) is 10.6 Å². The highest BCUT2D eigenvalue weighted by atomic mass is 35.5. The Morgan fingerprint density at radius 1 is 1.17 bits per heavy atom. The Hall–Kier alpha value is -2.75. The first kappa shape index (κ1) is 21.9. The van der Waals surface area contributed by atoms with Crippen LogP contribution in [0.3, 0.4) is 0 Å². The third-order valence-electron chi connectivity index (χ3n) is 4.50. The number of nitrogens with zero attached hydrogens (tertiary/aromatic N) is 3. The summed E-state index contributed by atoms with van der Waals surface area (Å²) in [6, 6.07) is 4.44. The summed E-state index contributed by atoms with van der Waals surface area (Å²) in [6.07, 6.45) is -2.31. The van der Waals surface area contributed by atoms with Crippen molar-refractivity contribution in [2.24, 2.45) is 0 Å². The van der Waals surface area contributed by atoms with Gasteiger partial charge in [-0.05, 0) is 38.0 Å². The average molecular weight is 443 g/mol. The van der Waals surface area contributed by atoms with Gasteiger partial charge >= 0.3 is 12.2 Å². The number of alkyl halides is 3. The van der Waals surface area contributed by atoms with Crippen molar-refractivity contribution >= 4 is 35.0 Å². The van der Waals surface area contributed by atoms with E-state index in [-0.39, 0.29) is 12.2 Å². The lowest BCUT2D eigenvalue weighted by molar-refractivity contribution is -0.137. The molecule has 0 unspecified atom stereocenters. The van der Waals surface area contributed by atoms with Gasteiger partial charge in [-0.2, -0.15) is 13.2 Å². The van der Waals surface area contributed by atoms with Gasteiger partial charge in [0, 0.05) is 37.9 Å². The van der Waals surface area contributed by atoms with Crippen molar-refractivity contribution in [3.63, 3.8) is 0 Å². The zero-order valence-corrected chi connectivity index (χ0v) is 17.1. The highest BCUT2D eigenvalue weighted by Gasteiger charge is 2.33. The summed E-state index contributed by atoms with van der Waals surface area (Å²) in [6.45, 7) is 4.39. The van der Waals surface area contributed by atoms with Crippen LogP contribution in [-0.2, 0) is 6.18 Å². The molecule has 1 fully saturated rings. The first-order valence-electron chi connectivity index (χ1n) is 9.48. The average Bonchev–Trinajstić information content (AvgIpc) is 3.20. The van der Waals surface area contributed by atoms with Crippen LogP contribution in [0.5, 0.6) is 0 Å². The van der Waals surface area contributed by atoms with E-state index in [4.69, 9.17) is 11.6 Å². The number of urea groups is 1. The molecule has 3 N–H and O–H groups in total. The number of benzene rings is 1. The summed E-state index contributed by atoms with van der Waals surface area (Å²) in [5, 5.41) is 7.64. The van der Waals surface area contributed by atoms with Crippen LogP contribution in [0, 0.1) is 6.92 Å². The van der Waals surface area contributed by atoms with Gasteiger partial charge < -0.3 is 20.9 Å². The van der Waals surface area contributed by atoms with Crippen LogP contribution in [0.4, 0.5) is 35.3 Å². The largest absolute Gasteiger partial charge is 0.417 e. The molecule has 162 valence electrons. The van der Waals surface area contributed by atoms with Gasteiger partial charge in [-0.15, -0.1) is 0 Å². The number of aromatic nitrogens is 2. The van der Waals surface area contributed by atoms with Gasteiger partial charge in [-0.25, -0.2) is 14.8 Å². The predicted octanol–water partition coefficient (Wildman–Crippen LogP) is 4.29. The SMILES string of the molecule is Cc1nc(NCCNC(=O)Nc2ccc(Cl)c(C(F)(F)F)c2)cc(N2CCCC2)n1. The Bertz CT molecular complexity index is 902. The van der Waals surface area contributed by atoms with Crippen molar-refractivity contribution in [3.8, 4) is 0 Å². The van der Waals surface area contributed by atoms with Crippen LogP contribution in [-0.4, -0.2) is 42.2 Å². The molecule has 0 bridgehead atoms. The molecule has 1 saturated heterocycles. The monoisotopic (exact) mass is 442 g/mol. The minimum atomic E-state index is -4.60. The molecule has 0 spiro atoms. The molecular weight excluding hydrogens is 421 g/mol. The summed E-state index contributed by atoms with van der Waals surface area (Å²) < 4.78 is 38.7. The van der Waals surface area contributed by atoms with E-state index in [0.717, 1.165) is 43.9 Å². The van der Waals surface area contributed by atoms with Crippen LogP contribution in [0.2, 0.25) is 5.02 Å². The zero-order valence-electron chi connectivity index (χ0n) is 16.3. The first-order valence-corrected chi connectivity index (χ1v) is 9.86. The Kier molecular flexibility index (Phi) is 6.86. The van der Waals surface area contributed by atoms with E-state index in [2.05, 4.69) is 30.8 Å². The standard InChI is InChI=1S/C19H22ClF3N6O/c1-12-26-16(11-17(27-12)29-8-2-3-9-29)24-6-7-25-18(30)28-13-4-5-15(20)14(10-13)19(21,22)23/h4-5,10-11H,2-3,6-9H2,1H3,(H,24,26,27)(H2,25,28,30). The zero-order chi connectivity index (χ0) is 21.7. The van der Waals surface area contributed by atoms with Gasteiger partial charge in [-0.3, -0.25) is 0 Å². The molecule has 30 heavy (non-hydrogen) atoms. The summed E-state index contributed by atoms with van der Waals surface area (Å²) >= 11 is 5.57. The maximum Gasteiger partial charge on any atom is 0.417 e. The van der Waals surface area contributed by atoms with E-state index in [9.17, 15) is 18.0 Å². The maximum absolute atomic E-state index is 12.9. The molecule has 2 aromatic rings. The second-order valence-electron chi connectivity index (χ2n) is 6.85. The van der Waals surface area contributed by atoms with Crippen molar-refractivity contribution in [2.45, 2.75) is 25.9 Å². The van der Waals surface area contributed by atoms with Crippen molar-refractivity contribution in [3.05, 3.63) is 40.7 Å². The van der Waals surface area contributed by atoms with Crippen molar-refractivity contribution in [1.82, 2.24) is 15.3 Å². The lowest BCUT2D eigenvalue weighted by atomic mass is 10.2. The van der Waals surface area contributed by atoms with E-state index < -0.39 is 22.8 Å². The van der Waals surface area contributed by atoms with E-state index in [1.165, 1.54) is 6.07 Å². The fraction of sp³-hybridized carbons (Fsp3) is 0.421. The third kappa shape index (κ3) is 5.88. The minimum absolute atomic E-state index is 0.00105. The molecule has 0 radical (unpaired) electrons. The molecule has 7 nitrogen and oxygen atoms in total. The Morgan fingerprint density at radius 3 is 2.60 bits per heavy atom. The topological polar surface area (TPSA) is 82.2 Å². The number of amides is 2. The maximum atomic E-state index is 12.9. The lowest BCUT2D eigenvalue weighted by Gasteiger charge is -2.18. The first-order chi connectivity index (χ1) is 14.2. The second kappa shape index (κ2) is 9.38. The number of carbonyl (C=O) groups excluding carboxylic acids is 1. The molecule has 11 heteroatoms. The molecule has 0 saturated carbocycles. The number of hydrogen-bond acceptors (Lipinski definition) is 5. The highest BCUT2D eigenvalue weighted by molar-refractivity contribution is 6.31. The molecule has 0 aliphatic carbocycles. The van der Waals surface area contributed by atoms with E-state index in [0.29, 0.717) is 18.2 Å². The molecular formula is C19H22ClF3N6O. The number of rotatable bonds is 6. The summed E-state index contributed by atoms with van der Waals surface area (Å²) in [4.78, 5) is 22.9. The molecule has 1 aliphatic rings. The van der Waals surface area contributed by atoms with Gasteiger partial charge in [0.1, 0.15) is 17.5 Å². The fourth-order valence-corrected chi connectivity index (χ4v) is 3.34. The predicted molar refractivity (Wildman–Crippen MR) is 110 cm³/mol. The molecule has 3 rings (SSSR count). The molecule has 1 aromatic carbocycles. The van der Waals surface area contributed by atoms with Crippen molar-refractivity contribution in [1.29, 1.82) is 0 Å². The second-order valence-corrected chi connectivity index (χ2v) is 7.26. The van der Waals surface area contributed by atoms with Gasteiger partial charge in [0.15, 0.2) is 0 Å². The quantitative estimate of drug-likeness (QED) is 0.581. The molecule has 0 atom stereocenters. The van der Waals surface area contributed by atoms with Gasteiger partial charge in [-0.1, -0.05) is 11.6 Å². The highest BCUT2D eigenvalue weighted by Crippen LogP contribution is 2.36. The minimum Gasteiger partial charge on any atom is -0.368 e. The van der Waals surface area contributed by atoms with Crippen LogP contribution in [0.15, 0.2) is 24.3 Å². The molecule has 1 aromatic heterocycles. The fourth-order valence-electron chi connectivity index (χ4n) is 3.11. The summed E-state index contributed by atoms with van der Waals surface area (Å²) in [7, 11) is 0. The number of halogens is 4. The number of anilines is 3. The molecule has 2 amide bonds. The molecule has 1 aliphatic heterocycles. The number of hydrogen-bond donors (Lipinski definition) is 3. The summed E-state index contributed by atoms with van der Waals surface area (Å²) in [5.74, 6) is 2.17. The lowest BCUT2D eigenvalue weighted by Crippen LogP contribution is -2.32. The number of nitrogens with one attached hydrogen (secondary N) is 3. The molecule has 2 heterocycles. The van der Waals surface area contributed by atoms with Crippen molar-refractivity contribution in [2.75, 3.05) is 41.7 Å². The van der Waals surface area contributed by atoms with Crippen LogP contribution < -0.4 is 20.9 Å². The Labute approximate surface area is 177 Å². The Balaban J connectivity index is 1.48. The van der Waals surface area contributed by atoms with Crippen LogP contribution in [0.25, 0.3) is 0 Å². The summed E-state index contributed by atoms with van der Waals surface area (Å²) in [5.41, 5.74) is -1.00. The van der Waals surface area contributed by atoms with Crippen molar-refractivity contribution < 1.29 is 18.0 Å². The third-order valence-corrected chi connectivity index (χ3v) is 4.83. The van der Waals surface area contributed by atoms with Crippen LogP contribution in [0.1, 0.15) is 24.2 Å². The van der Waals surface area contributed by atoms with E-state index in [1.54, 1.807) is 0 Å². The smallest absolute Gasteiger partial charge is 0.368 e. The number of aryl methyl sites for hydroxylation is 1. The Morgan fingerprint density at radius 2 is 1.90 bits per heavy atom. The van der Waals surface area contributed by atoms with Gasteiger partial charge in [0.25, 0.3) is 0 Å². The van der Waals surface area contributed by atoms with Crippen LogP contribution >= 0.6 is 11.6 Å². The normalized spacial score (nSPS) is 14.0.